The van der Waals surface area contributed by atoms with Crippen LogP contribution >= 0.6 is 0 Å². The molecule has 0 saturated heterocycles. The van der Waals surface area contributed by atoms with Crippen molar-refractivity contribution >= 4 is 17.3 Å². The smallest absolute Gasteiger partial charge is 0.210 e. The van der Waals surface area contributed by atoms with E-state index in [9.17, 15) is 4.79 Å². The number of rotatable bonds is 8. The molecule has 3 rings (SSSR count). The summed E-state index contributed by atoms with van der Waals surface area (Å²) in [6.07, 6.45) is 6.41. The minimum Gasteiger partial charge on any atom is -0.385 e. The number of hydrogen-bond donors (Lipinski definition) is 0. The van der Waals surface area contributed by atoms with E-state index < -0.39 is 0 Å². The summed E-state index contributed by atoms with van der Waals surface area (Å²) in [4.78, 5) is 13.1. The van der Waals surface area contributed by atoms with E-state index >= 15 is 0 Å². The molecule has 4 nitrogen and oxygen atoms in total. The molecule has 112 valence electrons. The van der Waals surface area contributed by atoms with Crippen molar-refractivity contribution in [3.63, 3.8) is 0 Å². The molecule has 1 fully saturated rings. The molecule has 4 heteroatoms. The number of fused-ring (bicyclic) bond motifs is 1. The number of nitrogens with zero attached hydrogens (tertiary/aromatic N) is 2. The molecule has 1 amide bonds. The first-order chi connectivity index (χ1) is 10.3. The van der Waals surface area contributed by atoms with Crippen LogP contribution in [0.25, 0.3) is 10.9 Å². The number of benzene rings is 1. The van der Waals surface area contributed by atoms with E-state index in [1.165, 1.54) is 16.5 Å². The van der Waals surface area contributed by atoms with Crippen LogP contribution in [0, 0.1) is 0 Å². The van der Waals surface area contributed by atoms with Crippen LogP contribution < -0.4 is 0 Å². The highest BCUT2D eigenvalue weighted by Crippen LogP contribution is 2.27. The fraction of sp³-hybridized carbons (Fsp3) is 0.471. The molecule has 1 heterocycles. The zero-order valence-corrected chi connectivity index (χ0v) is 12.5. The molecule has 0 spiro atoms. The van der Waals surface area contributed by atoms with Gasteiger partial charge in [-0.15, -0.1) is 0 Å². The van der Waals surface area contributed by atoms with E-state index in [1.807, 2.05) is 4.90 Å². The molecule has 21 heavy (non-hydrogen) atoms. The highest BCUT2D eigenvalue weighted by atomic mass is 16.5. The van der Waals surface area contributed by atoms with Gasteiger partial charge in [-0.2, -0.15) is 0 Å². The first-order valence-corrected chi connectivity index (χ1v) is 7.59. The highest BCUT2D eigenvalue weighted by Gasteiger charge is 2.27. The van der Waals surface area contributed by atoms with Gasteiger partial charge in [0.25, 0.3) is 0 Å². The second kappa shape index (κ2) is 6.31. The molecular formula is C17H22N2O2. The largest absolute Gasteiger partial charge is 0.385 e. The molecule has 1 aromatic carbocycles. The Morgan fingerprint density at radius 1 is 1.38 bits per heavy atom. The number of hydrogen-bond acceptors (Lipinski definition) is 2. The Morgan fingerprint density at radius 2 is 2.24 bits per heavy atom. The molecule has 0 aliphatic heterocycles. The van der Waals surface area contributed by atoms with Crippen molar-refractivity contribution < 1.29 is 9.53 Å². The van der Waals surface area contributed by atoms with Crippen LogP contribution in [-0.2, 0) is 22.6 Å². The lowest BCUT2D eigenvalue weighted by Crippen LogP contribution is -2.23. The fourth-order valence-corrected chi connectivity index (χ4v) is 2.77. The average molecular weight is 286 g/mol. The Morgan fingerprint density at radius 3 is 2.95 bits per heavy atom. The monoisotopic (exact) mass is 286 g/mol. The van der Waals surface area contributed by atoms with Gasteiger partial charge in [-0.05, 0) is 42.3 Å². The zero-order valence-electron chi connectivity index (χ0n) is 12.5. The molecule has 0 bridgehead atoms. The Bertz CT molecular complexity index is 616. The minimum atomic E-state index is 0.465. The second-order valence-electron chi connectivity index (χ2n) is 5.76. The summed E-state index contributed by atoms with van der Waals surface area (Å²) < 4.78 is 7.38. The Kier molecular flexibility index (Phi) is 4.25. The first kappa shape index (κ1) is 14.1. The van der Waals surface area contributed by atoms with Crippen LogP contribution in [0.3, 0.4) is 0 Å². The third-order valence-electron chi connectivity index (χ3n) is 4.10. The predicted molar refractivity (Wildman–Crippen MR) is 83.1 cm³/mol. The molecule has 1 saturated carbocycles. The van der Waals surface area contributed by atoms with Gasteiger partial charge in [-0.3, -0.25) is 4.79 Å². The Labute approximate surface area is 125 Å². The molecule has 1 aliphatic carbocycles. The number of amides is 1. The normalized spacial score (nSPS) is 14.5. The lowest BCUT2D eigenvalue weighted by atomic mass is 10.1. The van der Waals surface area contributed by atoms with Crippen LogP contribution in [0.2, 0.25) is 0 Å². The molecule has 2 aromatic rings. The maximum Gasteiger partial charge on any atom is 0.210 e. The van der Waals surface area contributed by atoms with Crippen molar-refractivity contribution in [1.29, 1.82) is 0 Å². The van der Waals surface area contributed by atoms with Crippen molar-refractivity contribution in [3.8, 4) is 0 Å². The van der Waals surface area contributed by atoms with Crippen LogP contribution in [-0.4, -0.2) is 35.6 Å². The van der Waals surface area contributed by atoms with Crippen molar-refractivity contribution in [1.82, 2.24) is 9.47 Å². The lowest BCUT2D eigenvalue weighted by molar-refractivity contribution is -0.119. The predicted octanol–water partition coefficient (Wildman–Crippen LogP) is 2.80. The lowest BCUT2D eigenvalue weighted by Gasteiger charge is -2.16. The summed E-state index contributed by atoms with van der Waals surface area (Å²) in [5.41, 5.74) is 2.44. The van der Waals surface area contributed by atoms with E-state index in [2.05, 4.69) is 35.0 Å². The first-order valence-electron chi connectivity index (χ1n) is 7.59. The van der Waals surface area contributed by atoms with Gasteiger partial charge in [-0.25, -0.2) is 0 Å². The molecule has 0 unspecified atom stereocenters. The molecule has 1 aromatic heterocycles. The van der Waals surface area contributed by atoms with Crippen molar-refractivity contribution in [2.24, 2.45) is 0 Å². The van der Waals surface area contributed by atoms with Crippen molar-refractivity contribution in [3.05, 3.63) is 36.0 Å². The fourth-order valence-electron chi connectivity index (χ4n) is 2.77. The molecule has 0 atom stereocenters. The van der Waals surface area contributed by atoms with Gasteiger partial charge in [0.2, 0.25) is 6.41 Å². The molecule has 0 N–H and O–H groups in total. The molecule has 0 radical (unpaired) electrons. The standard InChI is InChI=1S/C17H22N2O2/c1-21-10-2-8-18-9-7-15-4-3-14(11-17(15)18)12-19(13-20)16-5-6-16/h3-4,7,9,11,13,16H,2,5-6,8,10,12H2,1H3. The topological polar surface area (TPSA) is 34.5 Å². The summed E-state index contributed by atoms with van der Waals surface area (Å²) in [6, 6.07) is 9.09. The van der Waals surface area contributed by atoms with Gasteiger partial charge in [0.1, 0.15) is 0 Å². The van der Waals surface area contributed by atoms with Gasteiger partial charge in [-0.1, -0.05) is 12.1 Å². The minimum absolute atomic E-state index is 0.465. The van der Waals surface area contributed by atoms with E-state index in [0.717, 1.165) is 38.8 Å². The zero-order chi connectivity index (χ0) is 14.7. The molecule has 1 aliphatic rings. The van der Waals surface area contributed by atoms with Gasteiger partial charge < -0.3 is 14.2 Å². The number of methoxy groups -OCH3 is 1. The number of carbonyl (C=O) groups excluding carboxylic acids is 1. The Hall–Kier alpha value is -1.81. The van der Waals surface area contributed by atoms with Crippen LogP contribution in [0.5, 0.6) is 0 Å². The van der Waals surface area contributed by atoms with E-state index in [-0.39, 0.29) is 0 Å². The SMILES string of the molecule is COCCCn1ccc2ccc(CN(C=O)C3CC3)cc21. The second-order valence-corrected chi connectivity index (χ2v) is 5.76. The molecular weight excluding hydrogens is 264 g/mol. The van der Waals surface area contributed by atoms with Gasteiger partial charge in [0.05, 0.1) is 0 Å². The summed E-state index contributed by atoms with van der Waals surface area (Å²) in [5, 5.41) is 1.25. The van der Waals surface area contributed by atoms with Crippen molar-refractivity contribution in [2.45, 2.75) is 38.4 Å². The van der Waals surface area contributed by atoms with E-state index in [0.29, 0.717) is 12.6 Å². The van der Waals surface area contributed by atoms with E-state index in [1.54, 1.807) is 7.11 Å². The van der Waals surface area contributed by atoms with Crippen LogP contribution in [0.15, 0.2) is 30.5 Å². The van der Waals surface area contributed by atoms with Crippen LogP contribution in [0.1, 0.15) is 24.8 Å². The summed E-state index contributed by atoms with van der Waals surface area (Å²) in [5.74, 6) is 0. The number of ether oxygens (including phenoxy) is 1. The highest BCUT2D eigenvalue weighted by molar-refractivity contribution is 5.80. The number of carbonyl (C=O) groups is 1. The summed E-state index contributed by atoms with van der Waals surface area (Å²) in [7, 11) is 1.73. The Balaban J connectivity index is 1.77. The quantitative estimate of drug-likeness (QED) is 0.552. The maximum atomic E-state index is 11.2. The number of aryl methyl sites for hydroxylation is 1. The van der Waals surface area contributed by atoms with Crippen LogP contribution in [0.4, 0.5) is 0 Å². The third kappa shape index (κ3) is 3.27. The van der Waals surface area contributed by atoms with Gasteiger partial charge >= 0.3 is 0 Å². The summed E-state index contributed by atoms with van der Waals surface area (Å²) >= 11 is 0. The average Bonchev–Trinajstić information content (AvgIpc) is 3.27. The number of aromatic nitrogens is 1. The van der Waals surface area contributed by atoms with Crippen molar-refractivity contribution in [2.75, 3.05) is 13.7 Å². The summed E-state index contributed by atoms with van der Waals surface area (Å²) in [6.45, 7) is 2.45. The third-order valence-corrected chi connectivity index (χ3v) is 4.10. The van der Waals surface area contributed by atoms with Gasteiger partial charge in [0, 0.05) is 44.6 Å². The maximum absolute atomic E-state index is 11.2. The van der Waals surface area contributed by atoms with Gasteiger partial charge in [0.15, 0.2) is 0 Å². The van der Waals surface area contributed by atoms with E-state index in [4.69, 9.17) is 4.74 Å².